The first-order chi connectivity index (χ1) is 9.77. The van der Waals surface area contributed by atoms with Gasteiger partial charge in [0.25, 0.3) is 0 Å². The molecule has 0 spiro atoms. The van der Waals surface area contributed by atoms with Crippen LogP contribution < -0.4 is 0 Å². The fourth-order valence-corrected chi connectivity index (χ4v) is 2.23. The van der Waals surface area contributed by atoms with E-state index in [4.69, 9.17) is 0 Å². The molecule has 0 bridgehead atoms. The van der Waals surface area contributed by atoms with Crippen molar-refractivity contribution in [3.05, 3.63) is 70.5 Å². The molecule has 2 aromatic carbocycles. The fraction of sp³-hybridized carbons (Fsp3) is 0.316. The highest BCUT2D eigenvalue weighted by atomic mass is 19.1. The SMILES string of the molecule is Cc1cc(C(=O)Cc2ccc(C(C)(C)C)cc2)ccc1F. The molecule has 2 rings (SSSR count). The number of rotatable bonds is 3. The minimum absolute atomic E-state index is 0.0154. The zero-order valence-electron chi connectivity index (χ0n) is 13.0. The van der Waals surface area contributed by atoms with Crippen LogP contribution in [0.5, 0.6) is 0 Å². The van der Waals surface area contributed by atoms with Crippen molar-refractivity contribution in [3.8, 4) is 0 Å². The summed E-state index contributed by atoms with van der Waals surface area (Å²) in [5, 5.41) is 0. The molecule has 0 unspecified atom stereocenters. The summed E-state index contributed by atoms with van der Waals surface area (Å²) >= 11 is 0. The molecule has 2 heteroatoms. The maximum absolute atomic E-state index is 13.2. The predicted octanol–water partition coefficient (Wildman–Crippen LogP) is 4.86. The monoisotopic (exact) mass is 284 g/mol. The Morgan fingerprint density at radius 2 is 1.67 bits per heavy atom. The maximum atomic E-state index is 13.2. The van der Waals surface area contributed by atoms with Crippen LogP contribution in [0.4, 0.5) is 4.39 Å². The van der Waals surface area contributed by atoms with Gasteiger partial charge in [0.05, 0.1) is 0 Å². The highest BCUT2D eigenvalue weighted by molar-refractivity contribution is 5.97. The van der Waals surface area contributed by atoms with E-state index in [0.29, 0.717) is 17.5 Å². The minimum Gasteiger partial charge on any atom is -0.294 e. The van der Waals surface area contributed by atoms with Crippen molar-refractivity contribution in [2.45, 2.75) is 39.5 Å². The molecule has 0 N–H and O–H groups in total. The first-order valence-corrected chi connectivity index (χ1v) is 7.16. The van der Waals surface area contributed by atoms with Crippen molar-refractivity contribution in [2.75, 3.05) is 0 Å². The molecular formula is C19H21FO. The van der Waals surface area contributed by atoms with Gasteiger partial charge in [-0.25, -0.2) is 4.39 Å². The molecule has 2 aromatic rings. The average Bonchev–Trinajstić information content (AvgIpc) is 2.41. The lowest BCUT2D eigenvalue weighted by molar-refractivity contribution is 0.0993. The van der Waals surface area contributed by atoms with Crippen LogP contribution in [0.15, 0.2) is 42.5 Å². The molecule has 0 fully saturated rings. The topological polar surface area (TPSA) is 17.1 Å². The highest BCUT2D eigenvalue weighted by Gasteiger charge is 2.14. The quantitative estimate of drug-likeness (QED) is 0.736. The molecule has 0 aromatic heterocycles. The van der Waals surface area contributed by atoms with Crippen molar-refractivity contribution in [1.82, 2.24) is 0 Å². The van der Waals surface area contributed by atoms with Crippen LogP contribution in [0.2, 0.25) is 0 Å². The van der Waals surface area contributed by atoms with Gasteiger partial charge in [0.1, 0.15) is 5.82 Å². The summed E-state index contributed by atoms with van der Waals surface area (Å²) in [6, 6.07) is 12.6. The molecule has 1 nitrogen and oxygen atoms in total. The second-order valence-electron chi connectivity index (χ2n) is 6.51. The van der Waals surface area contributed by atoms with E-state index in [2.05, 4.69) is 32.9 Å². The lowest BCUT2D eigenvalue weighted by atomic mass is 9.86. The Hall–Kier alpha value is -1.96. The van der Waals surface area contributed by atoms with E-state index in [1.807, 2.05) is 12.1 Å². The van der Waals surface area contributed by atoms with Crippen LogP contribution in [-0.2, 0) is 11.8 Å². The first-order valence-electron chi connectivity index (χ1n) is 7.16. The number of carbonyl (C=O) groups is 1. The van der Waals surface area contributed by atoms with Gasteiger partial charge in [-0.3, -0.25) is 4.79 Å². The molecule has 0 aliphatic heterocycles. The van der Waals surface area contributed by atoms with Gasteiger partial charge in [-0.15, -0.1) is 0 Å². The lowest BCUT2D eigenvalue weighted by Crippen LogP contribution is -2.11. The highest BCUT2D eigenvalue weighted by Crippen LogP contribution is 2.22. The second kappa shape index (κ2) is 5.80. The Bertz CT molecular complexity index is 648. The second-order valence-corrected chi connectivity index (χ2v) is 6.51. The largest absolute Gasteiger partial charge is 0.294 e. The van der Waals surface area contributed by atoms with Crippen molar-refractivity contribution in [2.24, 2.45) is 0 Å². The number of aryl methyl sites for hydroxylation is 1. The Morgan fingerprint density at radius 1 is 1.05 bits per heavy atom. The number of hydrogen-bond acceptors (Lipinski definition) is 1. The third-order valence-electron chi connectivity index (χ3n) is 3.66. The number of hydrogen-bond donors (Lipinski definition) is 0. The number of carbonyl (C=O) groups excluding carboxylic acids is 1. The zero-order valence-corrected chi connectivity index (χ0v) is 13.0. The fourth-order valence-electron chi connectivity index (χ4n) is 2.23. The van der Waals surface area contributed by atoms with Crippen molar-refractivity contribution in [3.63, 3.8) is 0 Å². The summed E-state index contributed by atoms with van der Waals surface area (Å²) in [7, 11) is 0. The number of halogens is 1. The zero-order chi connectivity index (χ0) is 15.6. The van der Waals surface area contributed by atoms with Crippen LogP contribution in [-0.4, -0.2) is 5.78 Å². The number of benzene rings is 2. The summed E-state index contributed by atoms with van der Waals surface area (Å²) in [5.41, 5.74) is 3.40. The molecule has 0 saturated heterocycles. The molecule has 0 atom stereocenters. The van der Waals surface area contributed by atoms with Crippen molar-refractivity contribution in [1.29, 1.82) is 0 Å². The standard InChI is InChI=1S/C19H21FO/c1-13-11-15(7-10-17(13)20)18(21)12-14-5-8-16(9-6-14)19(2,3)4/h5-11H,12H2,1-4H3. The molecule has 0 saturated carbocycles. The molecule has 110 valence electrons. The summed E-state index contributed by atoms with van der Waals surface area (Å²) < 4.78 is 13.2. The average molecular weight is 284 g/mol. The lowest BCUT2D eigenvalue weighted by Gasteiger charge is -2.19. The Labute approximate surface area is 125 Å². The summed E-state index contributed by atoms with van der Waals surface area (Å²) in [6.07, 6.45) is 0.343. The van der Waals surface area contributed by atoms with Gasteiger partial charge in [0, 0.05) is 12.0 Å². The smallest absolute Gasteiger partial charge is 0.167 e. The third-order valence-corrected chi connectivity index (χ3v) is 3.66. The Kier molecular flexibility index (Phi) is 4.26. The van der Waals surface area contributed by atoms with E-state index >= 15 is 0 Å². The minimum atomic E-state index is -0.277. The molecule has 0 aliphatic carbocycles. The van der Waals surface area contributed by atoms with E-state index in [9.17, 15) is 9.18 Å². The first kappa shape index (κ1) is 15.4. The van der Waals surface area contributed by atoms with Gasteiger partial charge in [-0.1, -0.05) is 45.0 Å². The molecule has 0 heterocycles. The van der Waals surface area contributed by atoms with Crippen LogP contribution in [0.25, 0.3) is 0 Å². The van der Waals surface area contributed by atoms with Crippen molar-refractivity contribution >= 4 is 5.78 Å². The summed E-state index contributed by atoms with van der Waals surface area (Å²) in [6.45, 7) is 8.15. The van der Waals surface area contributed by atoms with Gasteiger partial charge >= 0.3 is 0 Å². The predicted molar refractivity (Wildman–Crippen MR) is 84.3 cm³/mol. The van der Waals surface area contributed by atoms with Gasteiger partial charge in [-0.05, 0) is 47.2 Å². The molecular weight excluding hydrogens is 263 g/mol. The van der Waals surface area contributed by atoms with E-state index < -0.39 is 0 Å². The number of ketones is 1. The van der Waals surface area contributed by atoms with E-state index in [0.717, 1.165) is 5.56 Å². The van der Waals surface area contributed by atoms with E-state index in [1.54, 1.807) is 19.1 Å². The van der Waals surface area contributed by atoms with Gasteiger partial charge in [0.2, 0.25) is 0 Å². The summed E-state index contributed by atoms with van der Waals surface area (Å²) in [4.78, 5) is 12.2. The van der Waals surface area contributed by atoms with Crippen LogP contribution in [0.3, 0.4) is 0 Å². The van der Waals surface area contributed by atoms with Crippen LogP contribution >= 0.6 is 0 Å². The van der Waals surface area contributed by atoms with E-state index in [1.165, 1.54) is 11.6 Å². The van der Waals surface area contributed by atoms with Gasteiger partial charge in [-0.2, -0.15) is 0 Å². The van der Waals surface area contributed by atoms with Crippen molar-refractivity contribution < 1.29 is 9.18 Å². The van der Waals surface area contributed by atoms with Gasteiger partial charge in [0.15, 0.2) is 5.78 Å². The number of Topliss-reactive ketones (excluding diaryl/α,β-unsaturated/α-hetero) is 1. The summed E-state index contributed by atoms with van der Waals surface area (Å²) in [5.74, 6) is -0.261. The third kappa shape index (κ3) is 3.78. The molecule has 21 heavy (non-hydrogen) atoms. The van der Waals surface area contributed by atoms with Gasteiger partial charge < -0.3 is 0 Å². The Balaban J connectivity index is 2.14. The van der Waals surface area contributed by atoms with Crippen LogP contribution in [0, 0.1) is 12.7 Å². The maximum Gasteiger partial charge on any atom is 0.167 e. The molecule has 0 radical (unpaired) electrons. The van der Waals surface area contributed by atoms with E-state index in [-0.39, 0.29) is 17.0 Å². The van der Waals surface area contributed by atoms with Crippen LogP contribution in [0.1, 0.15) is 47.8 Å². The molecule has 0 amide bonds. The Morgan fingerprint density at radius 3 is 2.19 bits per heavy atom. The molecule has 0 aliphatic rings. The normalized spacial score (nSPS) is 11.5.